The largest absolute Gasteiger partial charge is 0.349 e. The van der Waals surface area contributed by atoms with E-state index < -0.39 is 5.79 Å². The SMILES string of the molecule is CCCCCC(=O)C=CC1CCC2(OCC(C)(C)CO2)C1CC1SCCS1. The van der Waals surface area contributed by atoms with E-state index in [0.717, 1.165) is 51.7 Å². The molecule has 0 aromatic carbocycles. The van der Waals surface area contributed by atoms with Crippen molar-refractivity contribution in [3.05, 3.63) is 12.2 Å². The molecular weight excluding hydrogens is 376 g/mol. The number of hydrogen-bond acceptors (Lipinski definition) is 5. The number of carbonyl (C=O) groups excluding carboxylic acids is 1. The standard InChI is InChI=1S/C22H36O3S2/c1-4-5-6-7-18(23)9-8-17-10-11-22(24-15-21(2,3)16-25-22)19(17)14-20-26-12-13-27-20/h8-9,17,19-20H,4-7,10-16H2,1-3H3. The van der Waals surface area contributed by atoms with Crippen molar-refractivity contribution in [2.24, 2.45) is 17.3 Å². The molecule has 2 heterocycles. The number of ketones is 1. The van der Waals surface area contributed by atoms with Gasteiger partial charge in [0.05, 0.1) is 17.8 Å². The minimum Gasteiger partial charge on any atom is -0.349 e. The Bertz CT molecular complexity index is 516. The molecule has 5 heteroatoms. The smallest absolute Gasteiger partial charge is 0.171 e. The highest BCUT2D eigenvalue weighted by atomic mass is 32.2. The van der Waals surface area contributed by atoms with Gasteiger partial charge < -0.3 is 9.47 Å². The van der Waals surface area contributed by atoms with E-state index in [1.165, 1.54) is 11.5 Å². The Kier molecular flexibility index (Phi) is 7.80. The van der Waals surface area contributed by atoms with Gasteiger partial charge in [-0.15, -0.1) is 23.5 Å². The zero-order valence-corrected chi connectivity index (χ0v) is 18.8. The molecule has 0 amide bonds. The number of thioether (sulfide) groups is 2. The molecule has 2 unspecified atom stereocenters. The summed E-state index contributed by atoms with van der Waals surface area (Å²) in [6.07, 6.45) is 11.2. The second-order valence-electron chi connectivity index (χ2n) is 9.05. The molecule has 2 aliphatic heterocycles. The molecule has 0 bridgehead atoms. The highest BCUT2D eigenvalue weighted by molar-refractivity contribution is 8.20. The monoisotopic (exact) mass is 412 g/mol. The molecule has 27 heavy (non-hydrogen) atoms. The van der Waals surface area contributed by atoms with Crippen LogP contribution in [0.1, 0.15) is 65.7 Å². The van der Waals surface area contributed by atoms with Gasteiger partial charge in [-0.05, 0) is 31.3 Å². The quantitative estimate of drug-likeness (QED) is 0.378. The van der Waals surface area contributed by atoms with Gasteiger partial charge in [-0.1, -0.05) is 39.7 Å². The molecule has 0 radical (unpaired) electrons. The van der Waals surface area contributed by atoms with E-state index in [0.29, 0.717) is 22.8 Å². The summed E-state index contributed by atoms with van der Waals surface area (Å²) in [6.45, 7) is 8.12. The Morgan fingerprint density at radius 1 is 1.15 bits per heavy atom. The van der Waals surface area contributed by atoms with Crippen molar-refractivity contribution in [3.63, 3.8) is 0 Å². The minimum atomic E-state index is -0.431. The van der Waals surface area contributed by atoms with Crippen molar-refractivity contribution >= 4 is 29.3 Å². The topological polar surface area (TPSA) is 35.5 Å². The molecule has 3 nitrogen and oxygen atoms in total. The van der Waals surface area contributed by atoms with Crippen LogP contribution in [0, 0.1) is 17.3 Å². The first kappa shape index (κ1) is 21.7. The maximum absolute atomic E-state index is 12.2. The van der Waals surface area contributed by atoms with Crippen molar-refractivity contribution in [3.8, 4) is 0 Å². The second-order valence-corrected chi connectivity index (χ2v) is 12.0. The summed E-state index contributed by atoms with van der Waals surface area (Å²) < 4.78 is 13.5. The molecule has 3 rings (SSSR count). The maximum Gasteiger partial charge on any atom is 0.171 e. The molecule has 2 atom stereocenters. The lowest BCUT2D eigenvalue weighted by Gasteiger charge is -2.45. The molecule has 3 fully saturated rings. The number of carbonyl (C=O) groups is 1. The molecule has 1 aliphatic carbocycles. The van der Waals surface area contributed by atoms with Gasteiger partial charge in [-0.3, -0.25) is 4.79 Å². The molecular formula is C22H36O3S2. The molecule has 0 N–H and O–H groups in total. The second kappa shape index (κ2) is 9.69. The molecule has 1 saturated carbocycles. The van der Waals surface area contributed by atoms with Crippen LogP contribution in [0.5, 0.6) is 0 Å². The van der Waals surface area contributed by atoms with Gasteiger partial charge in [0.15, 0.2) is 11.6 Å². The molecule has 2 saturated heterocycles. The van der Waals surface area contributed by atoms with Crippen LogP contribution in [-0.2, 0) is 14.3 Å². The fraction of sp³-hybridized carbons (Fsp3) is 0.864. The van der Waals surface area contributed by atoms with Crippen LogP contribution in [0.15, 0.2) is 12.2 Å². The first-order valence-corrected chi connectivity index (χ1v) is 12.8. The first-order chi connectivity index (χ1) is 12.9. The molecule has 3 aliphatic rings. The van der Waals surface area contributed by atoms with Crippen molar-refractivity contribution in [1.29, 1.82) is 0 Å². The average Bonchev–Trinajstić information content (AvgIpc) is 3.26. The highest BCUT2D eigenvalue weighted by Gasteiger charge is 2.53. The van der Waals surface area contributed by atoms with Gasteiger partial charge in [0.1, 0.15) is 0 Å². The Labute approximate surface area is 173 Å². The van der Waals surface area contributed by atoms with Gasteiger partial charge in [-0.2, -0.15) is 0 Å². The summed E-state index contributed by atoms with van der Waals surface area (Å²) in [5, 5.41) is 0. The van der Waals surface area contributed by atoms with Crippen LogP contribution in [0.3, 0.4) is 0 Å². The van der Waals surface area contributed by atoms with Crippen LogP contribution in [-0.4, -0.2) is 40.9 Å². The van der Waals surface area contributed by atoms with Crippen molar-refractivity contribution in [2.75, 3.05) is 24.7 Å². The third-order valence-electron chi connectivity index (χ3n) is 6.02. The fourth-order valence-corrected chi connectivity index (χ4v) is 7.30. The van der Waals surface area contributed by atoms with E-state index in [1.54, 1.807) is 0 Å². The highest BCUT2D eigenvalue weighted by Crippen LogP contribution is 2.52. The summed E-state index contributed by atoms with van der Waals surface area (Å²) in [5.74, 6) is 3.10. The predicted octanol–water partition coefficient (Wildman–Crippen LogP) is 5.68. The van der Waals surface area contributed by atoms with Gasteiger partial charge in [0, 0.05) is 35.7 Å². The van der Waals surface area contributed by atoms with Gasteiger partial charge in [0.25, 0.3) is 0 Å². The summed E-state index contributed by atoms with van der Waals surface area (Å²) in [6, 6.07) is 0. The van der Waals surface area contributed by atoms with Crippen LogP contribution in [0.4, 0.5) is 0 Å². The lowest BCUT2D eigenvalue weighted by atomic mass is 9.87. The lowest BCUT2D eigenvalue weighted by Crippen LogP contribution is -2.50. The minimum absolute atomic E-state index is 0.0931. The lowest BCUT2D eigenvalue weighted by molar-refractivity contribution is -0.315. The van der Waals surface area contributed by atoms with Crippen molar-refractivity contribution in [1.82, 2.24) is 0 Å². The molecule has 1 spiro atoms. The van der Waals surface area contributed by atoms with E-state index in [4.69, 9.17) is 9.47 Å². The van der Waals surface area contributed by atoms with Crippen LogP contribution >= 0.6 is 23.5 Å². The van der Waals surface area contributed by atoms with Gasteiger partial charge >= 0.3 is 0 Å². The fourth-order valence-electron chi connectivity index (χ4n) is 4.36. The van der Waals surface area contributed by atoms with E-state index >= 15 is 0 Å². The van der Waals surface area contributed by atoms with Crippen molar-refractivity contribution < 1.29 is 14.3 Å². The van der Waals surface area contributed by atoms with E-state index in [-0.39, 0.29) is 11.2 Å². The number of unbranched alkanes of at least 4 members (excludes halogenated alkanes) is 2. The summed E-state index contributed by atoms with van der Waals surface area (Å²) in [4.78, 5) is 12.2. The van der Waals surface area contributed by atoms with Gasteiger partial charge in [-0.25, -0.2) is 0 Å². The summed E-state index contributed by atoms with van der Waals surface area (Å²) in [7, 11) is 0. The maximum atomic E-state index is 12.2. The third kappa shape index (κ3) is 5.77. The predicted molar refractivity (Wildman–Crippen MR) is 116 cm³/mol. The van der Waals surface area contributed by atoms with E-state index in [2.05, 4.69) is 50.4 Å². The Morgan fingerprint density at radius 3 is 2.52 bits per heavy atom. The zero-order chi connectivity index (χ0) is 19.3. The van der Waals surface area contributed by atoms with E-state index in [9.17, 15) is 4.79 Å². The number of hydrogen-bond donors (Lipinski definition) is 0. The van der Waals surface area contributed by atoms with Gasteiger partial charge in [0.2, 0.25) is 0 Å². The van der Waals surface area contributed by atoms with Crippen LogP contribution < -0.4 is 0 Å². The molecule has 0 aromatic heterocycles. The Morgan fingerprint density at radius 2 is 1.85 bits per heavy atom. The first-order valence-electron chi connectivity index (χ1n) is 10.7. The summed E-state index contributed by atoms with van der Waals surface area (Å²) >= 11 is 4.15. The molecule has 154 valence electrons. The number of ether oxygens (including phenoxy) is 2. The third-order valence-corrected chi connectivity index (χ3v) is 9.10. The Hall–Kier alpha value is 0.0300. The number of rotatable bonds is 8. The van der Waals surface area contributed by atoms with E-state index in [1.807, 2.05) is 6.08 Å². The Balaban J connectivity index is 1.66. The normalized spacial score (nSPS) is 30.5. The zero-order valence-electron chi connectivity index (χ0n) is 17.2. The molecule has 0 aromatic rings. The average molecular weight is 413 g/mol. The number of allylic oxidation sites excluding steroid dienone is 2. The van der Waals surface area contributed by atoms with Crippen LogP contribution in [0.25, 0.3) is 0 Å². The van der Waals surface area contributed by atoms with Crippen LogP contribution in [0.2, 0.25) is 0 Å². The summed E-state index contributed by atoms with van der Waals surface area (Å²) in [5.41, 5.74) is 0.0931. The van der Waals surface area contributed by atoms with Crippen molar-refractivity contribution in [2.45, 2.75) is 76.1 Å².